The van der Waals surface area contributed by atoms with Gasteiger partial charge in [-0.3, -0.25) is 0 Å². The van der Waals surface area contributed by atoms with E-state index in [0.29, 0.717) is 25.4 Å². The van der Waals surface area contributed by atoms with E-state index in [4.69, 9.17) is 56.8 Å². The molecule has 0 saturated carbocycles. The zero-order chi connectivity index (χ0) is 51.2. The van der Waals surface area contributed by atoms with Crippen LogP contribution in [0.15, 0.2) is 150 Å². The van der Waals surface area contributed by atoms with Gasteiger partial charge in [0.15, 0.2) is 0 Å². The Kier molecular flexibility index (Phi) is 31.4. The Labute approximate surface area is 415 Å². The minimum Gasteiger partial charge on any atom is -0.461 e. The number of hydrogen-bond acceptors (Lipinski definition) is 15. The van der Waals surface area contributed by atoms with Gasteiger partial charge in [-0.2, -0.15) is 0 Å². The van der Waals surface area contributed by atoms with Crippen molar-refractivity contribution in [3.05, 3.63) is 172 Å². The van der Waals surface area contributed by atoms with E-state index in [1.54, 1.807) is 72.9 Å². The van der Waals surface area contributed by atoms with Crippen molar-refractivity contribution in [2.24, 2.45) is 16.2 Å². The molecule has 70 heavy (non-hydrogen) atoms. The van der Waals surface area contributed by atoms with Crippen molar-refractivity contribution in [1.82, 2.24) is 0 Å². The van der Waals surface area contributed by atoms with Crippen LogP contribution in [0.25, 0.3) is 0 Å². The maximum absolute atomic E-state index is 13.5. The van der Waals surface area contributed by atoms with Crippen LogP contribution < -0.4 is 0 Å². The van der Waals surface area contributed by atoms with Crippen LogP contribution in [0.3, 0.4) is 0 Å². The molecule has 0 aromatic heterocycles. The Hall–Kier alpha value is -5.59. The van der Waals surface area contributed by atoms with Gasteiger partial charge in [0.2, 0.25) is 0 Å². The molecule has 0 saturated heterocycles. The van der Waals surface area contributed by atoms with E-state index in [1.807, 2.05) is 0 Å². The SMILES string of the molecule is C=CCOCC(COCC=C)(COCC=C)COC(=O)c1ccc(COCC(COCC=C)(COCC=C)COC(=O)c2ccc(C(=O)OCC(COCC=C)(COCC=C)COCC=C)cc2)cc1. The van der Waals surface area contributed by atoms with Crippen LogP contribution in [0.4, 0.5) is 0 Å². The lowest BCUT2D eigenvalue weighted by Crippen LogP contribution is -2.42. The lowest BCUT2D eigenvalue weighted by atomic mass is 9.92. The monoisotopic (exact) mass is 975 g/mol. The molecule has 384 valence electrons. The third-order valence-electron chi connectivity index (χ3n) is 9.90. The summed E-state index contributed by atoms with van der Waals surface area (Å²) in [5.74, 6) is -1.81. The highest BCUT2D eigenvalue weighted by atomic mass is 16.6. The molecule has 0 aliphatic heterocycles. The van der Waals surface area contributed by atoms with E-state index >= 15 is 0 Å². The number of rotatable bonds is 45. The first-order valence-corrected chi connectivity index (χ1v) is 22.8. The predicted molar refractivity (Wildman–Crippen MR) is 269 cm³/mol. The molecule has 0 radical (unpaired) electrons. The molecule has 2 rings (SSSR count). The van der Waals surface area contributed by atoms with Gasteiger partial charge in [-0.25, -0.2) is 14.4 Å². The van der Waals surface area contributed by atoms with Crippen LogP contribution >= 0.6 is 0 Å². The average Bonchev–Trinajstić information content (AvgIpc) is 3.37. The molecule has 15 nitrogen and oxygen atoms in total. The van der Waals surface area contributed by atoms with E-state index in [2.05, 4.69) is 52.6 Å². The largest absolute Gasteiger partial charge is 0.461 e. The summed E-state index contributed by atoms with van der Waals surface area (Å²) in [6.07, 6.45) is 13.0. The molecule has 0 bridgehead atoms. The molecular formula is C55H74O15. The normalized spacial score (nSPS) is 11.5. The summed E-state index contributed by atoms with van der Waals surface area (Å²) in [5, 5.41) is 0. The Morgan fingerprint density at radius 3 is 0.729 bits per heavy atom. The molecule has 0 spiro atoms. The van der Waals surface area contributed by atoms with E-state index < -0.39 is 34.2 Å². The molecule has 0 unspecified atom stereocenters. The Morgan fingerprint density at radius 1 is 0.314 bits per heavy atom. The molecule has 15 heteroatoms. The smallest absolute Gasteiger partial charge is 0.338 e. The Morgan fingerprint density at radius 2 is 0.514 bits per heavy atom. The van der Waals surface area contributed by atoms with Crippen molar-refractivity contribution < 1.29 is 71.2 Å². The predicted octanol–water partition coefficient (Wildman–Crippen LogP) is 7.95. The van der Waals surface area contributed by atoms with E-state index in [0.717, 1.165) is 5.56 Å². The molecule has 0 aliphatic carbocycles. The van der Waals surface area contributed by atoms with Gasteiger partial charge in [-0.1, -0.05) is 60.7 Å². The fourth-order valence-electron chi connectivity index (χ4n) is 6.39. The third kappa shape index (κ3) is 23.8. The summed E-state index contributed by atoms with van der Waals surface area (Å²) in [7, 11) is 0. The molecule has 0 N–H and O–H groups in total. The molecule has 0 amide bonds. The van der Waals surface area contributed by atoms with Gasteiger partial charge in [-0.15, -0.1) is 52.6 Å². The molecule has 0 fully saturated rings. The van der Waals surface area contributed by atoms with Gasteiger partial charge in [0, 0.05) is 0 Å². The second kappa shape index (κ2) is 36.4. The highest BCUT2D eigenvalue weighted by Crippen LogP contribution is 2.26. The number of hydrogen-bond donors (Lipinski definition) is 0. The second-order valence-electron chi connectivity index (χ2n) is 16.4. The zero-order valence-corrected chi connectivity index (χ0v) is 40.9. The zero-order valence-electron chi connectivity index (χ0n) is 40.9. The van der Waals surface area contributed by atoms with Gasteiger partial charge < -0.3 is 56.8 Å². The van der Waals surface area contributed by atoms with Gasteiger partial charge in [0.05, 0.1) is 152 Å². The Balaban J connectivity index is 2.18. The van der Waals surface area contributed by atoms with Crippen molar-refractivity contribution in [2.45, 2.75) is 6.61 Å². The summed E-state index contributed by atoms with van der Waals surface area (Å²) in [6.45, 7) is 33.1. The third-order valence-corrected chi connectivity index (χ3v) is 9.90. The minimum atomic E-state index is -0.964. The van der Waals surface area contributed by atoms with E-state index in [-0.39, 0.29) is 130 Å². The van der Waals surface area contributed by atoms with Crippen molar-refractivity contribution in [3.8, 4) is 0 Å². The number of benzene rings is 2. The molecule has 2 aromatic rings. The summed E-state index contributed by atoms with van der Waals surface area (Å²) in [6, 6.07) is 12.7. The first kappa shape index (κ1) is 60.5. The Bertz CT molecular complexity index is 1800. The maximum atomic E-state index is 13.5. The standard InChI is InChI=1S/C55H74O15/c1-9-25-59-34-53(35-60-26-10-2,36-61-27-11-3)43-68-50(56)47-19-17-46(18-20-47)33-67-42-55(40-65-31-15-7,41-66-32-16-8)45-70-52(58)49-23-21-48(22-24-49)51(57)69-44-54(37-62-28-12-4,38-63-29-13-5)39-64-30-14-6/h9-24H,1-8,25-45H2. The van der Waals surface area contributed by atoms with E-state index in [1.165, 1.54) is 24.3 Å². The highest BCUT2D eigenvalue weighted by molar-refractivity contribution is 5.93. The lowest BCUT2D eigenvalue weighted by Gasteiger charge is -2.32. The quantitative estimate of drug-likeness (QED) is 0.0272. The van der Waals surface area contributed by atoms with Crippen molar-refractivity contribution in [1.29, 1.82) is 0 Å². The minimum absolute atomic E-state index is 0.0356. The maximum Gasteiger partial charge on any atom is 0.338 e. The molecular weight excluding hydrogens is 901 g/mol. The van der Waals surface area contributed by atoms with Crippen LogP contribution in [0.2, 0.25) is 0 Å². The summed E-state index contributed by atoms with van der Waals surface area (Å²) in [5.41, 5.74) is -1.11. The molecule has 0 aliphatic rings. The first-order chi connectivity index (χ1) is 34.0. The van der Waals surface area contributed by atoms with Gasteiger partial charge in [0.25, 0.3) is 0 Å². The van der Waals surface area contributed by atoms with E-state index in [9.17, 15) is 14.4 Å². The van der Waals surface area contributed by atoms with Crippen LogP contribution in [-0.4, -0.2) is 150 Å². The van der Waals surface area contributed by atoms with Gasteiger partial charge in [0.1, 0.15) is 19.8 Å². The fraction of sp³-hybridized carbons (Fsp3) is 0.436. The van der Waals surface area contributed by atoms with Gasteiger partial charge in [-0.05, 0) is 42.0 Å². The highest BCUT2D eigenvalue weighted by Gasteiger charge is 2.36. The fourth-order valence-corrected chi connectivity index (χ4v) is 6.39. The number of ether oxygens (including phenoxy) is 12. The molecule has 0 heterocycles. The van der Waals surface area contributed by atoms with Crippen LogP contribution in [0, 0.1) is 16.2 Å². The topological polar surface area (TPSA) is 162 Å². The summed E-state index contributed by atoms with van der Waals surface area (Å²) < 4.78 is 70.0. The number of carbonyl (C=O) groups is 3. The number of esters is 3. The molecule has 0 atom stereocenters. The second-order valence-corrected chi connectivity index (χ2v) is 16.4. The summed E-state index contributed by atoms with van der Waals surface area (Å²) in [4.78, 5) is 40.1. The van der Waals surface area contributed by atoms with Crippen LogP contribution in [0.1, 0.15) is 36.6 Å². The first-order valence-electron chi connectivity index (χ1n) is 22.8. The van der Waals surface area contributed by atoms with Crippen molar-refractivity contribution in [2.75, 3.05) is 132 Å². The van der Waals surface area contributed by atoms with Gasteiger partial charge >= 0.3 is 17.9 Å². The average molecular weight is 975 g/mol. The van der Waals surface area contributed by atoms with Crippen molar-refractivity contribution in [3.63, 3.8) is 0 Å². The number of carbonyl (C=O) groups excluding carboxylic acids is 3. The van der Waals surface area contributed by atoms with Crippen LogP contribution in [0.5, 0.6) is 0 Å². The van der Waals surface area contributed by atoms with Crippen molar-refractivity contribution >= 4 is 17.9 Å². The van der Waals surface area contributed by atoms with Crippen LogP contribution in [-0.2, 0) is 63.4 Å². The lowest BCUT2D eigenvalue weighted by molar-refractivity contribution is -0.0930. The summed E-state index contributed by atoms with van der Waals surface area (Å²) >= 11 is 0. The molecule has 2 aromatic carbocycles.